The normalized spacial score (nSPS) is 17.4. The molecule has 0 bridgehead atoms. The van der Waals surface area contributed by atoms with Gasteiger partial charge in [0.15, 0.2) is 22.2 Å². The monoisotopic (exact) mass is 613 g/mol. The number of aromatic nitrogens is 7. The minimum Gasteiger partial charge on any atom is -0.548 e. The van der Waals surface area contributed by atoms with Crippen LogP contribution in [0.4, 0.5) is 29.3 Å². The Balaban J connectivity index is 1.60. The lowest BCUT2D eigenvalue weighted by molar-refractivity contribution is -0.253. The van der Waals surface area contributed by atoms with Gasteiger partial charge >= 0.3 is 12.2 Å². The van der Waals surface area contributed by atoms with Crippen LogP contribution in [-0.4, -0.2) is 61.6 Å². The molecule has 0 radical (unpaired) electrons. The van der Waals surface area contributed by atoms with Gasteiger partial charge in [0.2, 0.25) is 0 Å². The summed E-state index contributed by atoms with van der Waals surface area (Å²) in [5.74, 6) is 0.211. The fraction of sp³-hybridized carbons (Fsp3) is 0.391. The molecule has 0 spiro atoms. The Morgan fingerprint density at radius 3 is 2.38 bits per heavy atom. The molecule has 1 N–H and O–H groups in total. The zero-order valence-corrected chi connectivity index (χ0v) is 24.1. The molecule has 2 amide bonds. The van der Waals surface area contributed by atoms with Crippen LogP contribution in [0.3, 0.4) is 0 Å². The first-order valence-corrected chi connectivity index (χ1v) is 15.7. The van der Waals surface area contributed by atoms with Gasteiger partial charge < -0.3 is 9.74 Å². The van der Waals surface area contributed by atoms with Crippen molar-refractivity contribution in [3.8, 4) is 5.82 Å². The zero-order chi connectivity index (χ0) is 28.9. The third-order valence-corrected chi connectivity index (χ3v) is 12.3. The molecule has 1 atom stereocenters. The van der Waals surface area contributed by atoms with Crippen LogP contribution in [0.5, 0.6) is 0 Å². The van der Waals surface area contributed by atoms with Crippen LogP contribution < -0.4 is 10.2 Å². The summed E-state index contributed by atoms with van der Waals surface area (Å²) in [5, 5.41) is 14.7. The first kappa shape index (κ1) is 28.3. The van der Waals surface area contributed by atoms with Crippen molar-refractivity contribution in [1.82, 2.24) is 34.6 Å². The van der Waals surface area contributed by atoms with Gasteiger partial charge in [-0.2, -0.15) is 28.5 Å². The topological polar surface area (TPSA) is 115 Å². The third-order valence-electron chi connectivity index (χ3n) is 7.20. The van der Waals surface area contributed by atoms with Crippen LogP contribution in [-0.2, 0) is 10.0 Å². The lowest BCUT2D eigenvalue weighted by Gasteiger charge is -2.50. The summed E-state index contributed by atoms with van der Waals surface area (Å²) in [7, 11) is -2.91. The number of urea groups is 1. The van der Waals surface area contributed by atoms with E-state index in [0.717, 1.165) is 9.42 Å². The molecule has 0 fully saturated rings. The van der Waals surface area contributed by atoms with E-state index in [9.17, 15) is 4.79 Å². The van der Waals surface area contributed by atoms with Gasteiger partial charge in [0.05, 0.1) is 47.7 Å². The van der Waals surface area contributed by atoms with Gasteiger partial charge in [0.1, 0.15) is 5.69 Å². The summed E-state index contributed by atoms with van der Waals surface area (Å²) in [6.07, 6.45) is 0.468. The SMILES string of the molecule is CC[Si-](CC)(CC)OC1(C(F)(F)F)CN(C(=O)Nc2cnc(-n3nccn3)c(Cl)c2)c2cnc3cc(Cl)nn3c21. The maximum absolute atomic E-state index is 15.3. The number of carbonyl (C=O) groups excluding carboxylic acids is 1. The van der Waals surface area contributed by atoms with Crippen LogP contribution in [0.2, 0.25) is 28.3 Å². The van der Waals surface area contributed by atoms with E-state index in [2.05, 4.69) is 30.6 Å². The number of fused-ring (bicyclic) bond motifs is 3. The quantitative estimate of drug-likeness (QED) is 0.260. The van der Waals surface area contributed by atoms with Crippen LogP contribution >= 0.6 is 23.2 Å². The molecule has 0 saturated carbocycles. The van der Waals surface area contributed by atoms with Crippen molar-refractivity contribution < 1.29 is 22.4 Å². The molecule has 1 unspecified atom stereocenters. The average Bonchev–Trinajstić information content (AvgIpc) is 3.64. The van der Waals surface area contributed by atoms with Crippen molar-refractivity contribution in [1.29, 1.82) is 0 Å². The fourth-order valence-corrected chi connectivity index (χ4v) is 8.26. The number of pyridine rings is 1. The van der Waals surface area contributed by atoms with Crippen molar-refractivity contribution in [2.45, 2.75) is 50.7 Å². The summed E-state index contributed by atoms with van der Waals surface area (Å²) in [5.41, 5.74) is -3.08. The van der Waals surface area contributed by atoms with Crippen LogP contribution in [0, 0.1) is 0 Å². The van der Waals surface area contributed by atoms with Crippen molar-refractivity contribution >= 4 is 54.6 Å². The number of anilines is 2. The highest BCUT2D eigenvalue weighted by Crippen LogP contribution is 2.53. The van der Waals surface area contributed by atoms with Gasteiger partial charge in [-0.1, -0.05) is 44.0 Å². The molecule has 0 saturated heterocycles. The second kappa shape index (κ2) is 10.3. The maximum Gasteiger partial charge on any atom is 0.421 e. The summed E-state index contributed by atoms with van der Waals surface area (Å²) in [6.45, 7) is 4.64. The van der Waals surface area contributed by atoms with Gasteiger partial charge in [-0.25, -0.2) is 19.3 Å². The largest absolute Gasteiger partial charge is 0.548 e. The molecule has 5 heterocycles. The van der Waals surface area contributed by atoms with Crippen LogP contribution in [0.15, 0.2) is 36.9 Å². The van der Waals surface area contributed by atoms with E-state index >= 15 is 13.2 Å². The standard InChI is InChI=1S/C23H24Cl2F3N9O2Si/c1-4-40(5-2,6-3)39-22(23(26,27)28)13-35(16-12-29-18-10-17(25)34-36(18)19(16)22)21(38)33-14-9-15(24)20(30-11-14)37-31-7-8-32-37/h7-12H,4-6,13H2,1-3H3,(H,33,38)/q-1. The average molecular weight is 614 g/mol. The Morgan fingerprint density at radius 2 is 1.77 bits per heavy atom. The van der Waals surface area contributed by atoms with E-state index in [4.69, 9.17) is 27.6 Å². The molecular weight excluding hydrogens is 590 g/mol. The third kappa shape index (κ3) is 4.59. The molecule has 40 heavy (non-hydrogen) atoms. The van der Waals surface area contributed by atoms with E-state index in [1.165, 1.54) is 41.7 Å². The highest BCUT2D eigenvalue weighted by molar-refractivity contribution is 6.73. The predicted octanol–water partition coefficient (Wildman–Crippen LogP) is 5.84. The molecule has 1 aliphatic heterocycles. The maximum atomic E-state index is 15.3. The second-order valence-electron chi connectivity index (χ2n) is 9.26. The van der Waals surface area contributed by atoms with Crippen molar-refractivity contribution in [2.24, 2.45) is 0 Å². The lowest BCUT2D eigenvalue weighted by Crippen LogP contribution is -2.56. The Labute approximate surface area is 237 Å². The molecule has 4 aromatic rings. The molecule has 5 rings (SSSR count). The van der Waals surface area contributed by atoms with Crippen LogP contribution in [0.25, 0.3) is 11.5 Å². The van der Waals surface area contributed by atoms with Gasteiger partial charge in [-0.05, 0) is 14.4 Å². The van der Waals surface area contributed by atoms with E-state index < -0.39 is 32.7 Å². The summed E-state index contributed by atoms with van der Waals surface area (Å²) in [4.78, 5) is 24.1. The minimum absolute atomic E-state index is 0.0441. The molecule has 213 valence electrons. The minimum atomic E-state index is -4.91. The number of amides is 2. The van der Waals surface area contributed by atoms with Crippen molar-refractivity contribution in [3.05, 3.63) is 52.8 Å². The number of carbonyl (C=O) groups is 1. The predicted molar refractivity (Wildman–Crippen MR) is 145 cm³/mol. The van der Waals surface area contributed by atoms with E-state index in [1.54, 1.807) is 0 Å². The summed E-state index contributed by atoms with van der Waals surface area (Å²) >= 11 is 12.4. The molecule has 11 nitrogen and oxygen atoms in total. The zero-order valence-electron chi connectivity index (χ0n) is 21.6. The van der Waals surface area contributed by atoms with Crippen molar-refractivity contribution in [2.75, 3.05) is 16.8 Å². The lowest BCUT2D eigenvalue weighted by atomic mass is 10.0. The first-order chi connectivity index (χ1) is 19.0. The summed E-state index contributed by atoms with van der Waals surface area (Å²) in [6, 6.07) is 3.24. The molecule has 17 heteroatoms. The Bertz CT molecular complexity index is 1550. The number of nitrogens with zero attached hydrogens (tertiary/aromatic N) is 8. The highest BCUT2D eigenvalue weighted by Gasteiger charge is 2.64. The van der Waals surface area contributed by atoms with Crippen LogP contribution in [0.1, 0.15) is 26.5 Å². The number of hydrogen-bond acceptors (Lipinski definition) is 7. The first-order valence-electron chi connectivity index (χ1n) is 12.4. The number of halogens is 5. The van der Waals surface area contributed by atoms with Crippen molar-refractivity contribution in [3.63, 3.8) is 0 Å². The van der Waals surface area contributed by atoms with Gasteiger partial charge in [-0.15, -0.1) is 22.9 Å². The van der Waals surface area contributed by atoms with Gasteiger partial charge in [0.25, 0.3) is 0 Å². The van der Waals surface area contributed by atoms with E-state index in [1.807, 2.05) is 20.8 Å². The molecule has 1 aliphatic rings. The number of rotatable bonds is 7. The molecular formula is C23H24Cl2F3N9O2Si-. The number of alkyl halides is 3. The Hall–Kier alpha value is -3.27. The highest BCUT2D eigenvalue weighted by atomic mass is 35.5. The fourth-order valence-electron chi connectivity index (χ4n) is 4.90. The summed E-state index contributed by atoms with van der Waals surface area (Å²) < 4.78 is 53.1. The molecule has 4 aromatic heterocycles. The Kier molecular flexibility index (Phi) is 7.27. The van der Waals surface area contributed by atoms with E-state index in [0.29, 0.717) is 18.1 Å². The van der Waals surface area contributed by atoms with Gasteiger partial charge in [-0.3, -0.25) is 4.90 Å². The van der Waals surface area contributed by atoms with Gasteiger partial charge in [0, 0.05) is 6.07 Å². The van der Waals surface area contributed by atoms with E-state index in [-0.39, 0.29) is 38.7 Å². The second-order valence-corrected chi connectivity index (χ2v) is 14.7. The molecule has 0 aliphatic carbocycles. The molecule has 0 aromatic carbocycles. The smallest absolute Gasteiger partial charge is 0.421 e. The number of hydrogen-bond donors (Lipinski definition) is 1. The Morgan fingerprint density at radius 1 is 1.10 bits per heavy atom. The number of nitrogens with one attached hydrogen (secondary N) is 1.